The van der Waals surface area contributed by atoms with Gasteiger partial charge in [-0.3, -0.25) is 30.1 Å². The molecule has 2 aliphatic rings. The van der Waals surface area contributed by atoms with Gasteiger partial charge in [0.15, 0.2) is 0 Å². The van der Waals surface area contributed by atoms with Crippen LogP contribution in [-0.2, 0) is 27.8 Å². The fourth-order valence-corrected chi connectivity index (χ4v) is 7.51. The van der Waals surface area contributed by atoms with Crippen LogP contribution in [0.2, 0.25) is 0 Å². The molecule has 37 heavy (non-hydrogen) atoms. The molecule has 0 unspecified atom stereocenters. The maximum atomic E-state index is 13.1. The van der Waals surface area contributed by atoms with Crippen LogP contribution in [0.15, 0.2) is 29.2 Å². The summed E-state index contributed by atoms with van der Waals surface area (Å²) in [4.78, 5) is 40.9. The van der Waals surface area contributed by atoms with Gasteiger partial charge in [-0.2, -0.15) is 4.31 Å². The molecule has 0 radical (unpaired) electrons. The predicted molar refractivity (Wildman–Crippen MR) is 142 cm³/mol. The number of sulfonamides is 1. The summed E-state index contributed by atoms with van der Waals surface area (Å²) in [5.74, 6) is -1.34. The number of carbonyl (C=O) groups excluding carboxylic acids is 3. The van der Waals surface area contributed by atoms with E-state index in [0.29, 0.717) is 36.6 Å². The van der Waals surface area contributed by atoms with Crippen LogP contribution < -0.4 is 16.2 Å². The van der Waals surface area contributed by atoms with Crippen LogP contribution in [0.25, 0.3) is 0 Å². The average Bonchev–Trinajstić information content (AvgIpc) is 3.25. The van der Waals surface area contributed by atoms with E-state index in [4.69, 9.17) is 0 Å². The Kier molecular flexibility index (Phi) is 8.63. The number of nitrogens with zero attached hydrogens (tertiary/aromatic N) is 2. The highest BCUT2D eigenvalue weighted by molar-refractivity contribution is 7.89. The lowest BCUT2D eigenvalue weighted by Crippen LogP contribution is -2.41. The van der Waals surface area contributed by atoms with Crippen molar-refractivity contribution in [2.75, 3.05) is 31.5 Å². The van der Waals surface area contributed by atoms with Gasteiger partial charge in [0.05, 0.1) is 10.5 Å². The number of piperidine rings is 1. The van der Waals surface area contributed by atoms with Gasteiger partial charge in [0, 0.05) is 43.5 Å². The molecule has 3 N–H and O–H groups in total. The number of carbonyl (C=O) groups is 3. The Bertz CT molecular complexity index is 1270. The van der Waals surface area contributed by atoms with E-state index in [1.165, 1.54) is 46.8 Å². The van der Waals surface area contributed by atoms with Gasteiger partial charge in [0.2, 0.25) is 15.9 Å². The van der Waals surface area contributed by atoms with Crippen molar-refractivity contribution in [1.29, 1.82) is 0 Å². The SMILES string of the molecule is CCCN1CCc2c(sc(NC(=O)c3ccc(S(=O)(=O)N4CCCCC4)cc3)c2C(=O)NNC(C)=O)C1. The third-order valence-corrected chi connectivity index (χ3v) is 9.60. The van der Waals surface area contributed by atoms with Gasteiger partial charge in [-0.1, -0.05) is 13.3 Å². The molecule has 12 heteroatoms. The summed E-state index contributed by atoms with van der Waals surface area (Å²) in [5, 5.41) is 3.25. The quantitative estimate of drug-likeness (QED) is 0.458. The first kappa shape index (κ1) is 27.2. The fraction of sp³-hybridized carbons (Fsp3) is 0.480. The summed E-state index contributed by atoms with van der Waals surface area (Å²) in [6, 6.07) is 5.87. The Morgan fingerprint density at radius 2 is 1.68 bits per heavy atom. The molecule has 3 heterocycles. The Morgan fingerprint density at radius 3 is 2.32 bits per heavy atom. The normalized spacial score (nSPS) is 16.6. The van der Waals surface area contributed by atoms with E-state index >= 15 is 0 Å². The van der Waals surface area contributed by atoms with Crippen LogP contribution in [0.5, 0.6) is 0 Å². The maximum absolute atomic E-state index is 13.1. The third kappa shape index (κ3) is 6.20. The van der Waals surface area contributed by atoms with Crippen LogP contribution >= 0.6 is 11.3 Å². The first-order valence-electron chi connectivity index (χ1n) is 12.6. The number of benzene rings is 1. The van der Waals surface area contributed by atoms with Crippen molar-refractivity contribution < 1.29 is 22.8 Å². The second-order valence-electron chi connectivity index (χ2n) is 9.31. The van der Waals surface area contributed by atoms with Crippen LogP contribution in [-0.4, -0.2) is 61.5 Å². The van der Waals surface area contributed by atoms with Crippen molar-refractivity contribution >= 4 is 44.1 Å². The van der Waals surface area contributed by atoms with Crippen molar-refractivity contribution in [1.82, 2.24) is 20.1 Å². The molecule has 4 rings (SSSR count). The molecular formula is C25H33N5O5S2. The summed E-state index contributed by atoms with van der Waals surface area (Å²) in [6.45, 7) is 6.86. The van der Waals surface area contributed by atoms with E-state index in [1.807, 2.05) is 0 Å². The van der Waals surface area contributed by atoms with Crippen molar-refractivity contribution in [2.45, 2.75) is 57.4 Å². The van der Waals surface area contributed by atoms with Crippen LogP contribution in [0.3, 0.4) is 0 Å². The Hall–Kier alpha value is -2.80. The molecule has 1 aromatic carbocycles. The topological polar surface area (TPSA) is 128 Å². The first-order chi connectivity index (χ1) is 17.7. The van der Waals surface area contributed by atoms with Crippen LogP contribution in [0.1, 0.15) is 70.7 Å². The molecule has 0 bridgehead atoms. The third-order valence-electron chi connectivity index (χ3n) is 6.55. The summed E-state index contributed by atoms with van der Waals surface area (Å²) in [5.41, 5.74) is 6.23. The van der Waals surface area contributed by atoms with E-state index in [9.17, 15) is 22.8 Å². The van der Waals surface area contributed by atoms with E-state index in [1.54, 1.807) is 0 Å². The Balaban J connectivity index is 1.55. The van der Waals surface area contributed by atoms with Gasteiger partial charge in [-0.05, 0) is 62.1 Å². The average molecular weight is 548 g/mol. The zero-order valence-corrected chi connectivity index (χ0v) is 22.8. The number of fused-ring (bicyclic) bond motifs is 1. The molecule has 1 aromatic heterocycles. The van der Waals surface area contributed by atoms with Crippen molar-refractivity contribution in [3.63, 3.8) is 0 Å². The van der Waals surface area contributed by atoms with Gasteiger partial charge >= 0.3 is 0 Å². The highest BCUT2D eigenvalue weighted by Gasteiger charge is 2.29. The number of nitrogens with one attached hydrogen (secondary N) is 3. The number of thiophene rings is 1. The molecule has 2 aliphatic heterocycles. The summed E-state index contributed by atoms with van der Waals surface area (Å²) >= 11 is 1.35. The number of rotatable bonds is 7. The molecule has 3 amide bonds. The van der Waals surface area contributed by atoms with Crippen molar-refractivity contribution in [3.8, 4) is 0 Å². The lowest BCUT2D eigenvalue weighted by molar-refractivity contribution is -0.119. The van der Waals surface area contributed by atoms with Crippen molar-refractivity contribution in [3.05, 3.63) is 45.8 Å². The number of amides is 3. The maximum Gasteiger partial charge on any atom is 0.272 e. The van der Waals surface area contributed by atoms with Gasteiger partial charge < -0.3 is 5.32 Å². The second kappa shape index (κ2) is 11.7. The van der Waals surface area contributed by atoms with Gasteiger partial charge in [-0.25, -0.2) is 8.42 Å². The number of hydrazine groups is 1. The van der Waals surface area contributed by atoms with E-state index in [2.05, 4.69) is 28.0 Å². The van der Waals surface area contributed by atoms with Crippen molar-refractivity contribution in [2.24, 2.45) is 0 Å². The number of hydrogen-bond acceptors (Lipinski definition) is 7. The predicted octanol–water partition coefficient (Wildman–Crippen LogP) is 2.72. The molecule has 2 aromatic rings. The molecule has 0 aliphatic carbocycles. The zero-order valence-electron chi connectivity index (χ0n) is 21.1. The summed E-state index contributed by atoms with van der Waals surface area (Å²) in [6.07, 6.45) is 4.40. The highest BCUT2D eigenvalue weighted by Crippen LogP contribution is 2.37. The summed E-state index contributed by atoms with van der Waals surface area (Å²) < 4.78 is 27.3. The van der Waals surface area contributed by atoms with Crippen LogP contribution in [0.4, 0.5) is 5.00 Å². The summed E-state index contributed by atoms with van der Waals surface area (Å²) in [7, 11) is -3.60. The Morgan fingerprint density at radius 1 is 0.973 bits per heavy atom. The molecule has 0 saturated carbocycles. The van der Waals surface area contributed by atoms with Gasteiger partial charge in [0.1, 0.15) is 5.00 Å². The minimum atomic E-state index is -3.60. The van der Waals surface area contributed by atoms with Gasteiger partial charge in [-0.15, -0.1) is 11.3 Å². The molecule has 0 spiro atoms. The monoisotopic (exact) mass is 547 g/mol. The van der Waals surface area contributed by atoms with E-state index < -0.39 is 27.7 Å². The molecule has 10 nitrogen and oxygen atoms in total. The number of hydrogen-bond donors (Lipinski definition) is 3. The zero-order chi connectivity index (χ0) is 26.6. The molecule has 0 atom stereocenters. The lowest BCUT2D eigenvalue weighted by atomic mass is 10.0. The van der Waals surface area contributed by atoms with Crippen LogP contribution in [0, 0.1) is 0 Å². The molecule has 1 saturated heterocycles. The molecule has 200 valence electrons. The molecule has 1 fully saturated rings. The van der Waals surface area contributed by atoms with Gasteiger partial charge in [0.25, 0.3) is 11.8 Å². The standard InChI is InChI=1S/C25H33N5O5S2/c1-3-12-29-15-11-20-21(16-29)36-25(22(20)24(33)28-27-17(2)31)26-23(32)18-7-9-19(10-8-18)37(34,35)30-13-5-4-6-14-30/h7-10H,3-6,11-16H2,1-2H3,(H,26,32)(H,27,31)(H,28,33). The lowest BCUT2D eigenvalue weighted by Gasteiger charge is -2.26. The second-order valence-corrected chi connectivity index (χ2v) is 12.4. The first-order valence-corrected chi connectivity index (χ1v) is 14.8. The largest absolute Gasteiger partial charge is 0.313 e. The number of anilines is 1. The Labute approximate surface area is 221 Å². The minimum absolute atomic E-state index is 0.156. The van der Waals surface area contributed by atoms with E-state index in [0.717, 1.165) is 49.2 Å². The highest BCUT2D eigenvalue weighted by atomic mass is 32.2. The minimum Gasteiger partial charge on any atom is -0.313 e. The van der Waals surface area contributed by atoms with E-state index in [-0.39, 0.29) is 10.5 Å². The smallest absolute Gasteiger partial charge is 0.272 e. The fourth-order valence-electron chi connectivity index (χ4n) is 4.71. The molecular weight excluding hydrogens is 514 g/mol.